The Morgan fingerprint density at radius 1 is 0.840 bits per heavy atom. The number of carbonyl (C=O) groups is 2. The van der Waals surface area contributed by atoms with Crippen LogP contribution in [0.2, 0.25) is 0 Å². The van der Waals surface area contributed by atoms with Crippen molar-refractivity contribution in [2.24, 2.45) is 4.52 Å². The van der Waals surface area contributed by atoms with E-state index in [0.29, 0.717) is 20.1 Å². The fourth-order valence-corrected chi connectivity index (χ4v) is 2.39. The van der Waals surface area contributed by atoms with Crippen LogP contribution in [-0.4, -0.2) is 11.9 Å². The number of hydrogen-bond donors (Lipinski definition) is 0. The first-order chi connectivity index (χ1) is 11.1. The van der Waals surface area contributed by atoms with Crippen LogP contribution in [0.5, 0.6) is 11.5 Å². The molecule has 7 nitrogen and oxygen atoms in total. The predicted octanol–water partition coefficient (Wildman–Crippen LogP) is -4.57. The normalized spacial score (nSPS) is 10.1. The number of hydrogen-bond acceptors (Lipinski definition) is 7. The molecule has 1 atom stereocenters. The molecule has 2 rings (SSSR count). The van der Waals surface area contributed by atoms with Crippen molar-refractivity contribution in [2.75, 3.05) is 0 Å². The average Bonchev–Trinajstić information content (AvgIpc) is 2.55. The number of aromatic carboxylic acids is 2. The Morgan fingerprint density at radius 3 is 1.72 bits per heavy atom. The van der Waals surface area contributed by atoms with Crippen LogP contribution in [0.1, 0.15) is 20.7 Å². The molecule has 0 aliphatic heterocycles. The maximum absolute atomic E-state index is 10.6. The zero-order chi connectivity index (χ0) is 16.7. The van der Waals surface area contributed by atoms with Gasteiger partial charge in [-0.3, -0.25) is 0 Å². The fourth-order valence-electron chi connectivity index (χ4n) is 1.47. The number of carboxylic acids is 2. The van der Waals surface area contributed by atoms with Crippen LogP contribution in [-0.2, 0) is 0 Å². The number of carbonyl (C=O) groups excluding carboxylic acids is 2. The smallest absolute Gasteiger partial charge is 0.545 e. The van der Waals surface area contributed by atoms with Crippen molar-refractivity contribution < 1.29 is 88.0 Å². The molecule has 25 heavy (non-hydrogen) atoms. The van der Waals surface area contributed by atoms with Gasteiger partial charge in [-0.05, 0) is 59.7 Å². The van der Waals surface area contributed by atoms with Crippen LogP contribution in [0.15, 0.2) is 53.0 Å². The Kier molecular flexibility index (Phi) is 12.5. The van der Waals surface area contributed by atoms with Crippen molar-refractivity contribution in [3.63, 3.8) is 0 Å². The molecule has 118 valence electrons. The first kappa shape index (κ1) is 24.5. The third-order valence-electron chi connectivity index (χ3n) is 2.57. The summed E-state index contributed by atoms with van der Waals surface area (Å²) in [5.41, 5.74) is 0.134. The standard InChI is InChI=1S/C14H11NO6P2.2Na/c16-13(17)9-1-5-11(6-2-9)20-22-15-23-21-12-7-3-10(4-8-12)14(18)19;;/h1-8,22H,(H,16,17)(H,18,19);;/q;2*+1/p-2. The van der Waals surface area contributed by atoms with E-state index in [2.05, 4.69) is 4.52 Å². The van der Waals surface area contributed by atoms with Crippen LogP contribution in [0.25, 0.3) is 0 Å². The summed E-state index contributed by atoms with van der Waals surface area (Å²) in [6.45, 7) is 0. The predicted molar refractivity (Wildman–Crippen MR) is 80.5 cm³/mol. The van der Waals surface area contributed by atoms with Crippen molar-refractivity contribution in [1.82, 2.24) is 0 Å². The summed E-state index contributed by atoms with van der Waals surface area (Å²) >= 11 is 0. The molecule has 0 aliphatic carbocycles. The molecule has 0 amide bonds. The molecular formula is C14H9NNa2O6P2. The van der Waals surface area contributed by atoms with Gasteiger partial charge in [0.1, 0.15) is 11.5 Å². The summed E-state index contributed by atoms with van der Waals surface area (Å²) in [7, 11) is 0.0591. The van der Waals surface area contributed by atoms with Crippen LogP contribution >= 0.6 is 17.6 Å². The van der Waals surface area contributed by atoms with E-state index in [1.807, 2.05) is 0 Å². The SMILES string of the molecule is O=C([O-])c1ccc(OP=NPOc2ccc(C(=O)[O-])cc2)cc1.[Na+].[Na+]. The second-order valence-corrected chi connectivity index (χ2v) is 5.62. The van der Waals surface area contributed by atoms with E-state index >= 15 is 0 Å². The molecule has 11 heteroatoms. The number of nitrogens with zero attached hydrogens (tertiary/aromatic N) is 1. The molecule has 0 aliphatic rings. The molecule has 0 saturated carbocycles. The second kappa shape index (κ2) is 12.8. The van der Waals surface area contributed by atoms with Gasteiger partial charge in [0.15, 0.2) is 0 Å². The first-order valence-corrected chi connectivity index (χ1v) is 7.80. The Bertz CT molecular complexity index is 725. The minimum Gasteiger partial charge on any atom is -0.545 e. The van der Waals surface area contributed by atoms with E-state index in [9.17, 15) is 19.8 Å². The molecule has 0 N–H and O–H groups in total. The molecule has 0 fully saturated rings. The van der Waals surface area contributed by atoms with Gasteiger partial charge in [0, 0.05) is 0 Å². The Hall–Kier alpha value is -0.490. The number of benzene rings is 2. The van der Waals surface area contributed by atoms with Gasteiger partial charge in [-0.2, -0.15) is 4.52 Å². The van der Waals surface area contributed by atoms with E-state index in [1.54, 1.807) is 0 Å². The maximum Gasteiger partial charge on any atom is 1.00 e. The minimum atomic E-state index is -1.25. The summed E-state index contributed by atoms with van der Waals surface area (Å²) in [4.78, 5) is 21.2. The third-order valence-corrected chi connectivity index (χ3v) is 3.84. The molecule has 0 radical (unpaired) electrons. The van der Waals surface area contributed by atoms with E-state index in [1.165, 1.54) is 48.5 Å². The van der Waals surface area contributed by atoms with Crippen LogP contribution < -0.4 is 78.4 Å². The molecule has 0 aromatic heterocycles. The maximum atomic E-state index is 10.6. The summed E-state index contributed by atoms with van der Waals surface area (Å²) in [5, 5.41) is 21.2. The van der Waals surface area contributed by atoms with Crippen molar-refractivity contribution in [2.45, 2.75) is 0 Å². The van der Waals surface area contributed by atoms with Gasteiger partial charge >= 0.3 is 59.1 Å². The van der Waals surface area contributed by atoms with E-state index in [4.69, 9.17) is 9.05 Å². The molecule has 1 unspecified atom stereocenters. The van der Waals surface area contributed by atoms with E-state index < -0.39 is 11.9 Å². The van der Waals surface area contributed by atoms with Crippen LogP contribution in [0, 0.1) is 0 Å². The number of rotatable bonds is 7. The zero-order valence-corrected chi connectivity index (χ0v) is 19.4. The first-order valence-electron chi connectivity index (χ1n) is 6.18. The van der Waals surface area contributed by atoms with Gasteiger partial charge < -0.3 is 28.8 Å². The summed E-state index contributed by atoms with van der Waals surface area (Å²) in [5.74, 6) is -1.56. The number of carboxylic acid groups (broad SMARTS) is 2. The molecule has 2 aromatic carbocycles. The van der Waals surface area contributed by atoms with Gasteiger partial charge in [-0.25, -0.2) is 0 Å². The van der Waals surface area contributed by atoms with Gasteiger partial charge in [-0.1, -0.05) is 0 Å². The monoisotopic (exact) mass is 395 g/mol. The Morgan fingerprint density at radius 2 is 1.28 bits per heavy atom. The third kappa shape index (κ3) is 8.63. The van der Waals surface area contributed by atoms with Crippen molar-refractivity contribution in [3.05, 3.63) is 59.7 Å². The molecule has 0 spiro atoms. The van der Waals surface area contributed by atoms with Gasteiger partial charge in [0.2, 0.25) is 17.6 Å². The Balaban J connectivity index is 0.00000288. The zero-order valence-electron chi connectivity index (χ0n) is 13.5. The fraction of sp³-hybridized carbons (Fsp3) is 0. The molecule has 0 bridgehead atoms. The van der Waals surface area contributed by atoms with Crippen molar-refractivity contribution in [1.29, 1.82) is 0 Å². The van der Waals surface area contributed by atoms with Crippen LogP contribution in [0.3, 0.4) is 0 Å². The summed E-state index contributed by atoms with van der Waals surface area (Å²) < 4.78 is 14.5. The average molecular weight is 395 g/mol. The summed E-state index contributed by atoms with van der Waals surface area (Å²) in [6, 6.07) is 11.5. The van der Waals surface area contributed by atoms with Gasteiger partial charge in [-0.15, -0.1) is 0 Å². The minimum absolute atomic E-state index is 0. The largest absolute Gasteiger partial charge is 1.00 e. The van der Waals surface area contributed by atoms with Crippen molar-refractivity contribution in [3.8, 4) is 11.5 Å². The Labute approximate surface area is 191 Å². The molecule has 0 saturated heterocycles. The van der Waals surface area contributed by atoms with Crippen LogP contribution in [0.4, 0.5) is 0 Å². The van der Waals surface area contributed by atoms with Gasteiger partial charge in [0.05, 0.1) is 11.9 Å². The quantitative estimate of drug-likeness (QED) is 0.345. The topological polar surface area (TPSA) is 111 Å². The molecule has 2 aromatic rings. The second-order valence-electron chi connectivity index (χ2n) is 4.09. The molecule has 0 heterocycles. The molecular weight excluding hydrogens is 386 g/mol. The van der Waals surface area contributed by atoms with Crippen molar-refractivity contribution >= 4 is 29.5 Å². The summed E-state index contributed by atoms with van der Waals surface area (Å²) in [6.07, 6.45) is 0. The van der Waals surface area contributed by atoms with E-state index in [-0.39, 0.29) is 79.2 Å². The van der Waals surface area contributed by atoms with E-state index in [0.717, 1.165) is 0 Å². The van der Waals surface area contributed by atoms with Gasteiger partial charge in [0.25, 0.3) is 0 Å².